The van der Waals surface area contributed by atoms with Gasteiger partial charge in [0.1, 0.15) is 22.3 Å². The Morgan fingerprint density at radius 1 is 0.333 bits per heavy atom. The number of benzene rings is 6. The molecule has 0 bridgehead atoms. The summed E-state index contributed by atoms with van der Waals surface area (Å²) in [6.07, 6.45) is 0.900. The minimum absolute atomic E-state index is 0.900. The average Bonchev–Trinajstić information content (AvgIpc) is 3.55. The van der Waals surface area contributed by atoms with E-state index in [1.54, 1.807) is 0 Å². The molecule has 0 saturated carbocycles. The predicted molar refractivity (Wildman–Crippen MR) is 161 cm³/mol. The van der Waals surface area contributed by atoms with Crippen LogP contribution in [0, 0.1) is 0 Å². The van der Waals surface area contributed by atoms with Crippen molar-refractivity contribution in [1.29, 1.82) is 0 Å². The second kappa shape index (κ2) is 8.75. The van der Waals surface area contributed by atoms with Crippen molar-refractivity contribution in [2.75, 3.05) is 0 Å². The normalized spacial score (nSPS) is 11.7. The van der Waals surface area contributed by atoms with E-state index in [1.165, 1.54) is 33.4 Å². The third-order valence-corrected chi connectivity index (χ3v) is 7.74. The summed E-state index contributed by atoms with van der Waals surface area (Å²) in [5.74, 6) is 0. The lowest BCUT2D eigenvalue weighted by Crippen LogP contribution is -1.89. The lowest BCUT2D eigenvalue weighted by molar-refractivity contribution is 0.668. The standard InChI is InChI=1S/C37H24O2/c1-3-7-34-30(5-1)32-22-28(17-19-36(32)38-34)26-13-9-24(10-14-26)21-25-11-15-27(16-12-25)29-18-20-37-33(23-29)31-6-2-4-8-35(31)39-37/h1-20,22-23H,21H2. The first-order valence-electron chi connectivity index (χ1n) is 13.3. The Morgan fingerprint density at radius 3 is 1.18 bits per heavy atom. The molecule has 39 heavy (non-hydrogen) atoms. The number of rotatable bonds is 4. The zero-order valence-corrected chi connectivity index (χ0v) is 21.2. The molecule has 6 aromatic carbocycles. The van der Waals surface area contributed by atoms with E-state index in [-0.39, 0.29) is 0 Å². The van der Waals surface area contributed by atoms with Crippen LogP contribution in [0.25, 0.3) is 66.1 Å². The number of hydrogen-bond acceptors (Lipinski definition) is 2. The molecule has 0 fully saturated rings. The van der Waals surface area contributed by atoms with Gasteiger partial charge in [0, 0.05) is 21.5 Å². The molecule has 0 saturated heterocycles. The number of para-hydroxylation sites is 2. The highest BCUT2D eigenvalue weighted by molar-refractivity contribution is 6.07. The SMILES string of the molecule is c1ccc2c(c1)oc1ccc(-c3ccc(Cc4ccc(-c5ccc6oc7ccccc7c6c5)cc4)cc3)cc12. The lowest BCUT2D eigenvalue weighted by Gasteiger charge is -2.07. The van der Waals surface area contributed by atoms with Crippen molar-refractivity contribution in [3.63, 3.8) is 0 Å². The molecule has 8 rings (SSSR count). The topological polar surface area (TPSA) is 26.3 Å². The smallest absolute Gasteiger partial charge is 0.135 e. The van der Waals surface area contributed by atoms with Crippen molar-refractivity contribution in [3.05, 3.63) is 145 Å². The molecule has 0 aliphatic carbocycles. The molecule has 0 unspecified atom stereocenters. The number of hydrogen-bond donors (Lipinski definition) is 0. The third-order valence-electron chi connectivity index (χ3n) is 7.74. The second-order valence-electron chi connectivity index (χ2n) is 10.2. The Labute approximate surface area is 225 Å². The highest BCUT2D eigenvalue weighted by Gasteiger charge is 2.10. The van der Waals surface area contributed by atoms with Crippen LogP contribution < -0.4 is 0 Å². The molecule has 0 aliphatic heterocycles. The Kier molecular flexibility index (Phi) is 4.92. The predicted octanol–water partition coefficient (Wildman–Crippen LogP) is 10.4. The molecule has 0 amide bonds. The van der Waals surface area contributed by atoms with Gasteiger partial charge in [-0.25, -0.2) is 0 Å². The number of fused-ring (bicyclic) bond motifs is 6. The second-order valence-corrected chi connectivity index (χ2v) is 10.2. The molecule has 2 heterocycles. The largest absolute Gasteiger partial charge is 0.456 e. The van der Waals surface area contributed by atoms with E-state index in [0.29, 0.717) is 0 Å². The lowest BCUT2D eigenvalue weighted by atomic mass is 9.97. The fourth-order valence-corrected chi connectivity index (χ4v) is 5.68. The molecule has 2 heteroatoms. The molecular formula is C37H24O2. The highest BCUT2D eigenvalue weighted by atomic mass is 16.3. The molecule has 0 aliphatic rings. The fraction of sp³-hybridized carbons (Fsp3) is 0.0270. The zero-order valence-electron chi connectivity index (χ0n) is 21.2. The van der Waals surface area contributed by atoms with Crippen LogP contribution in [-0.4, -0.2) is 0 Å². The summed E-state index contributed by atoms with van der Waals surface area (Å²) in [6.45, 7) is 0. The summed E-state index contributed by atoms with van der Waals surface area (Å²) in [7, 11) is 0. The molecule has 0 N–H and O–H groups in total. The maximum Gasteiger partial charge on any atom is 0.135 e. The highest BCUT2D eigenvalue weighted by Crippen LogP contribution is 2.34. The van der Waals surface area contributed by atoms with Crippen LogP contribution in [0.5, 0.6) is 0 Å². The summed E-state index contributed by atoms with van der Waals surface area (Å²) < 4.78 is 12.0. The van der Waals surface area contributed by atoms with E-state index in [2.05, 4.69) is 109 Å². The van der Waals surface area contributed by atoms with E-state index in [0.717, 1.165) is 50.3 Å². The first kappa shape index (κ1) is 22.0. The van der Waals surface area contributed by atoms with E-state index < -0.39 is 0 Å². The average molecular weight is 501 g/mol. The zero-order chi connectivity index (χ0) is 25.8. The van der Waals surface area contributed by atoms with Crippen LogP contribution in [0.4, 0.5) is 0 Å². The maximum atomic E-state index is 5.99. The first-order valence-corrected chi connectivity index (χ1v) is 13.3. The van der Waals surface area contributed by atoms with Crippen LogP contribution in [0.15, 0.2) is 142 Å². The third kappa shape index (κ3) is 3.81. The summed E-state index contributed by atoms with van der Waals surface area (Å²) in [6, 6.07) is 47.2. The van der Waals surface area contributed by atoms with Gasteiger partial charge in [0.2, 0.25) is 0 Å². The Morgan fingerprint density at radius 2 is 0.718 bits per heavy atom. The van der Waals surface area contributed by atoms with E-state index in [9.17, 15) is 0 Å². The summed E-state index contributed by atoms with van der Waals surface area (Å²) in [5.41, 5.74) is 11.1. The molecule has 184 valence electrons. The minimum atomic E-state index is 0.900. The van der Waals surface area contributed by atoms with Gasteiger partial charge in [-0.2, -0.15) is 0 Å². The van der Waals surface area contributed by atoms with Crippen molar-refractivity contribution in [2.24, 2.45) is 0 Å². The summed E-state index contributed by atoms with van der Waals surface area (Å²) in [5, 5.41) is 4.64. The maximum absolute atomic E-state index is 5.99. The Balaban J connectivity index is 1.03. The van der Waals surface area contributed by atoms with Crippen molar-refractivity contribution in [3.8, 4) is 22.3 Å². The van der Waals surface area contributed by atoms with Gasteiger partial charge in [-0.05, 0) is 76.2 Å². The van der Waals surface area contributed by atoms with Crippen molar-refractivity contribution in [2.45, 2.75) is 6.42 Å². The van der Waals surface area contributed by atoms with Gasteiger partial charge >= 0.3 is 0 Å². The van der Waals surface area contributed by atoms with Crippen LogP contribution in [-0.2, 0) is 6.42 Å². The van der Waals surface area contributed by atoms with Crippen molar-refractivity contribution >= 4 is 43.9 Å². The van der Waals surface area contributed by atoms with Gasteiger partial charge in [0.05, 0.1) is 0 Å². The van der Waals surface area contributed by atoms with E-state index in [4.69, 9.17) is 8.83 Å². The van der Waals surface area contributed by atoms with Crippen LogP contribution in [0.1, 0.15) is 11.1 Å². The molecule has 0 atom stereocenters. The van der Waals surface area contributed by atoms with Gasteiger partial charge in [-0.3, -0.25) is 0 Å². The van der Waals surface area contributed by atoms with Crippen LogP contribution >= 0.6 is 0 Å². The fourth-order valence-electron chi connectivity index (χ4n) is 5.68. The van der Waals surface area contributed by atoms with E-state index in [1.807, 2.05) is 24.3 Å². The Hall–Kier alpha value is -5.08. The molecular weight excluding hydrogens is 476 g/mol. The molecule has 2 nitrogen and oxygen atoms in total. The monoisotopic (exact) mass is 500 g/mol. The minimum Gasteiger partial charge on any atom is -0.456 e. The quantitative estimate of drug-likeness (QED) is 0.240. The molecule has 8 aromatic rings. The molecule has 0 spiro atoms. The van der Waals surface area contributed by atoms with Gasteiger partial charge in [0.15, 0.2) is 0 Å². The number of furan rings is 2. The molecule has 0 radical (unpaired) electrons. The van der Waals surface area contributed by atoms with Crippen LogP contribution in [0.3, 0.4) is 0 Å². The summed E-state index contributed by atoms with van der Waals surface area (Å²) in [4.78, 5) is 0. The Bertz CT molecular complexity index is 1970. The van der Waals surface area contributed by atoms with Gasteiger partial charge < -0.3 is 8.83 Å². The first-order chi connectivity index (χ1) is 19.3. The van der Waals surface area contributed by atoms with E-state index >= 15 is 0 Å². The molecule has 2 aromatic heterocycles. The van der Waals surface area contributed by atoms with Gasteiger partial charge in [-0.15, -0.1) is 0 Å². The van der Waals surface area contributed by atoms with Crippen molar-refractivity contribution in [1.82, 2.24) is 0 Å². The van der Waals surface area contributed by atoms with Crippen LogP contribution in [0.2, 0.25) is 0 Å². The van der Waals surface area contributed by atoms with Gasteiger partial charge in [-0.1, -0.05) is 97.1 Å². The summed E-state index contributed by atoms with van der Waals surface area (Å²) >= 11 is 0. The van der Waals surface area contributed by atoms with Gasteiger partial charge in [0.25, 0.3) is 0 Å². The van der Waals surface area contributed by atoms with Crippen molar-refractivity contribution < 1.29 is 8.83 Å².